The lowest BCUT2D eigenvalue weighted by molar-refractivity contribution is 1.09. The first-order valence-corrected chi connectivity index (χ1v) is 14.9. The van der Waals surface area contributed by atoms with Gasteiger partial charge in [-0.05, 0) is 79.8 Å². The lowest BCUT2D eigenvalue weighted by Crippen LogP contribution is -2.05. The number of fused-ring (bicyclic) bond motifs is 6. The van der Waals surface area contributed by atoms with E-state index in [-0.39, 0.29) is 0 Å². The fraction of sp³-hybridized carbons (Fsp3) is 0.100. The number of pyridine rings is 1. The molecule has 4 nitrogen and oxygen atoms in total. The Labute approximate surface area is 256 Å². The van der Waals surface area contributed by atoms with E-state index in [9.17, 15) is 0 Å². The van der Waals surface area contributed by atoms with Gasteiger partial charge in [0.05, 0.1) is 52.4 Å². The summed E-state index contributed by atoms with van der Waals surface area (Å²) in [5.74, 6) is 0. The SMILES string of the molecule is [C-]#[N+]c1ccccc1-c1c(-n2c3cc(C)ccc3c3ccc(C)cc32)cncc1-n1c2cc(C)ccc2c2ccc(C)cc21. The average Bonchev–Trinajstić information content (AvgIpc) is 3.50. The number of benzene rings is 5. The molecule has 0 aliphatic carbocycles. The van der Waals surface area contributed by atoms with Gasteiger partial charge in [-0.1, -0.05) is 72.8 Å². The molecule has 8 rings (SSSR count). The Morgan fingerprint density at radius 3 is 1.30 bits per heavy atom. The van der Waals surface area contributed by atoms with Crippen molar-refractivity contribution in [3.8, 4) is 22.5 Å². The molecule has 0 bridgehead atoms. The summed E-state index contributed by atoms with van der Waals surface area (Å²) in [6.07, 6.45) is 3.93. The van der Waals surface area contributed by atoms with Crippen molar-refractivity contribution in [2.24, 2.45) is 0 Å². The summed E-state index contributed by atoms with van der Waals surface area (Å²) in [6, 6.07) is 34.6. The van der Waals surface area contributed by atoms with Gasteiger partial charge in [-0.2, -0.15) is 0 Å². The molecule has 4 heteroatoms. The van der Waals surface area contributed by atoms with Crippen molar-refractivity contribution in [2.75, 3.05) is 0 Å². The highest BCUT2D eigenvalue weighted by molar-refractivity contribution is 6.12. The highest BCUT2D eigenvalue weighted by atomic mass is 15.0. The molecule has 0 radical (unpaired) electrons. The molecule has 0 spiro atoms. The van der Waals surface area contributed by atoms with E-state index in [4.69, 9.17) is 11.6 Å². The standard InChI is InChI=1S/C40H30N4/c1-24-10-14-28-29-15-11-25(2)19-35(29)43(34(28)18-24)38-22-42-23-39(40(38)32-8-6-7-9-33(32)41-5)44-36-20-26(3)12-16-30(36)31-17-13-27(4)21-37(31)44/h6-23H,1-4H3. The van der Waals surface area contributed by atoms with Crippen LogP contribution in [0.2, 0.25) is 0 Å². The summed E-state index contributed by atoms with van der Waals surface area (Å²) in [5, 5.41) is 4.79. The molecular formula is C40H30N4. The quantitative estimate of drug-likeness (QED) is 0.195. The van der Waals surface area contributed by atoms with Crippen LogP contribution < -0.4 is 0 Å². The normalized spacial score (nSPS) is 11.6. The van der Waals surface area contributed by atoms with Crippen molar-refractivity contribution >= 4 is 49.3 Å². The zero-order chi connectivity index (χ0) is 30.1. The number of aromatic nitrogens is 3. The maximum atomic E-state index is 8.16. The number of hydrogen-bond donors (Lipinski definition) is 0. The van der Waals surface area contributed by atoms with Crippen LogP contribution in [0.25, 0.3) is 71.0 Å². The third-order valence-corrected chi connectivity index (χ3v) is 8.84. The lowest BCUT2D eigenvalue weighted by Gasteiger charge is -2.20. The van der Waals surface area contributed by atoms with Gasteiger partial charge >= 0.3 is 0 Å². The van der Waals surface area contributed by atoms with Crippen molar-refractivity contribution < 1.29 is 0 Å². The number of nitrogens with zero attached hydrogens (tertiary/aromatic N) is 4. The number of para-hydroxylation sites is 1. The largest absolute Gasteiger partial charge is 0.307 e. The van der Waals surface area contributed by atoms with Crippen molar-refractivity contribution in [3.63, 3.8) is 0 Å². The summed E-state index contributed by atoms with van der Waals surface area (Å²) in [7, 11) is 0. The van der Waals surface area contributed by atoms with Gasteiger partial charge in [-0.25, -0.2) is 4.85 Å². The molecule has 0 atom stereocenters. The van der Waals surface area contributed by atoms with Gasteiger partial charge in [0, 0.05) is 27.1 Å². The molecular weight excluding hydrogens is 536 g/mol. The Hall–Kier alpha value is -5.66. The molecule has 0 saturated heterocycles. The van der Waals surface area contributed by atoms with Crippen LogP contribution in [-0.4, -0.2) is 14.1 Å². The van der Waals surface area contributed by atoms with Gasteiger partial charge in [-0.15, -0.1) is 0 Å². The molecule has 0 aliphatic rings. The van der Waals surface area contributed by atoms with E-state index < -0.39 is 0 Å². The van der Waals surface area contributed by atoms with Crippen molar-refractivity contribution in [3.05, 3.63) is 143 Å². The summed E-state index contributed by atoms with van der Waals surface area (Å²) < 4.78 is 4.70. The Morgan fingerprint density at radius 1 is 0.523 bits per heavy atom. The van der Waals surface area contributed by atoms with Gasteiger partial charge in [0.1, 0.15) is 0 Å². The molecule has 3 aromatic heterocycles. The van der Waals surface area contributed by atoms with Crippen molar-refractivity contribution in [2.45, 2.75) is 27.7 Å². The van der Waals surface area contributed by atoms with E-state index in [1.165, 1.54) is 43.8 Å². The van der Waals surface area contributed by atoms with E-state index >= 15 is 0 Å². The minimum atomic E-state index is 0.613. The molecule has 0 aliphatic heterocycles. The topological polar surface area (TPSA) is 27.1 Å². The van der Waals surface area contributed by atoms with E-state index in [2.05, 4.69) is 121 Å². The van der Waals surface area contributed by atoms with Crippen molar-refractivity contribution in [1.82, 2.24) is 14.1 Å². The second-order valence-electron chi connectivity index (χ2n) is 11.9. The Bertz CT molecular complexity index is 2240. The summed E-state index contributed by atoms with van der Waals surface area (Å²) in [6.45, 7) is 16.7. The number of rotatable bonds is 3. The summed E-state index contributed by atoms with van der Waals surface area (Å²) in [5.41, 5.74) is 13.7. The van der Waals surface area contributed by atoms with E-state index in [0.717, 1.165) is 44.6 Å². The lowest BCUT2D eigenvalue weighted by atomic mass is 10.0. The van der Waals surface area contributed by atoms with Crippen LogP contribution in [0, 0.1) is 34.3 Å². The van der Waals surface area contributed by atoms with Gasteiger partial charge in [0.2, 0.25) is 0 Å². The molecule has 210 valence electrons. The number of hydrogen-bond acceptors (Lipinski definition) is 1. The zero-order valence-corrected chi connectivity index (χ0v) is 25.2. The van der Waals surface area contributed by atoms with Crippen LogP contribution in [0.15, 0.2) is 109 Å². The Morgan fingerprint density at radius 2 is 0.909 bits per heavy atom. The van der Waals surface area contributed by atoms with Crippen LogP contribution in [0.3, 0.4) is 0 Å². The van der Waals surface area contributed by atoms with E-state index in [1.54, 1.807) is 0 Å². The summed E-state index contributed by atoms with van der Waals surface area (Å²) >= 11 is 0. The first-order valence-electron chi connectivity index (χ1n) is 14.9. The van der Waals surface area contributed by atoms with E-state index in [0.29, 0.717) is 5.69 Å². The maximum Gasteiger partial charge on any atom is 0.195 e. The monoisotopic (exact) mass is 566 g/mol. The van der Waals surface area contributed by atoms with Crippen LogP contribution in [0.4, 0.5) is 5.69 Å². The van der Waals surface area contributed by atoms with Crippen LogP contribution >= 0.6 is 0 Å². The maximum absolute atomic E-state index is 8.16. The molecule has 0 N–H and O–H groups in total. The molecule has 0 unspecified atom stereocenters. The molecule has 0 saturated carbocycles. The average molecular weight is 567 g/mol. The molecule has 0 amide bonds. The number of aryl methyl sites for hydroxylation is 4. The van der Waals surface area contributed by atoms with Gasteiger partial charge in [0.15, 0.2) is 5.69 Å². The summed E-state index contributed by atoms with van der Waals surface area (Å²) in [4.78, 5) is 8.94. The fourth-order valence-corrected chi connectivity index (χ4v) is 6.83. The predicted octanol–water partition coefficient (Wildman–Crippen LogP) is 10.7. The molecule has 8 aromatic rings. The van der Waals surface area contributed by atoms with E-state index in [1.807, 2.05) is 30.6 Å². The minimum absolute atomic E-state index is 0.613. The smallest absolute Gasteiger partial charge is 0.195 e. The van der Waals surface area contributed by atoms with Gasteiger partial charge in [-0.3, -0.25) is 4.98 Å². The third kappa shape index (κ3) is 3.80. The predicted molar refractivity (Wildman–Crippen MR) is 184 cm³/mol. The highest BCUT2D eigenvalue weighted by Crippen LogP contribution is 2.44. The van der Waals surface area contributed by atoms with Crippen molar-refractivity contribution in [1.29, 1.82) is 0 Å². The third-order valence-electron chi connectivity index (χ3n) is 8.84. The van der Waals surface area contributed by atoms with Crippen LogP contribution in [0.1, 0.15) is 22.3 Å². The molecule has 44 heavy (non-hydrogen) atoms. The van der Waals surface area contributed by atoms with Crippen LogP contribution in [-0.2, 0) is 0 Å². The van der Waals surface area contributed by atoms with Gasteiger partial charge in [0.25, 0.3) is 0 Å². The molecule has 0 fully saturated rings. The highest BCUT2D eigenvalue weighted by Gasteiger charge is 2.23. The van der Waals surface area contributed by atoms with Gasteiger partial charge < -0.3 is 9.13 Å². The molecule has 5 aromatic carbocycles. The Kier molecular flexibility index (Phi) is 5.73. The fourth-order valence-electron chi connectivity index (χ4n) is 6.83. The first kappa shape index (κ1) is 26.0. The minimum Gasteiger partial charge on any atom is -0.307 e. The second kappa shape index (κ2) is 9.69. The van der Waals surface area contributed by atoms with Crippen LogP contribution in [0.5, 0.6) is 0 Å². The Balaban J connectivity index is 1.61. The second-order valence-corrected chi connectivity index (χ2v) is 11.9. The first-order chi connectivity index (χ1) is 21.4. The zero-order valence-electron chi connectivity index (χ0n) is 25.2. The molecule has 3 heterocycles.